The lowest BCUT2D eigenvalue weighted by molar-refractivity contribution is 0.0881. The number of fused-ring (bicyclic) bond motifs is 2. The Morgan fingerprint density at radius 2 is 1.40 bits per heavy atom. The summed E-state index contributed by atoms with van der Waals surface area (Å²) in [5.41, 5.74) is 5.64. The maximum atomic E-state index is 13.9. The fourth-order valence-electron chi connectivity index (χ4n) is 7.39. The van der Waals surface area contributed by atoms with Crippen LogP contribution in [-0.4, -0.2) is 59.9 Å². The van der Waals surface area contributed by atoms with E-state index in [0.29, 0.717) is 28.0 Å². The summed E-state index contributed by atoms with van der Waals surface area (Å²) in [7, 11) is 0. The Bertz CT molecular complexity index is 2530. The third kappa shape index (κ3) is 7.41. The number of piperazine rings is 1. The lowest BCUT2D eigenvalue weighted by Gasteiger charge is -2.36. The molecule has 9 nitrogen and oxygen atoms in total. The van der Waals surface area contributed by atoms with E-state index in [0.717, 1.165) is 79.5 Å². The molecule has 8 rings (SSSR count). The molecule has 7 aromatic rings. The van der Waals surface area contributed by atoms with Crippen LogP contribution in [0.1, 0.15) is 55.2 Å². The lowest BCUT2D eigenvalue weighted by atomic mass is 10.0. The summed E-state index contributed by atoms with van der Waals surface area (Å²) < 4.78 is 7.75. The first kappa shape index (κ1) is 35.3. The molecule has 0 bridgehead atoms. The summed E-state index contributed by atoms with van der Waals surface area (Å²) in [6, 6.07) is 42.4. The molecule has 0 atom stereocenters. The second-order valence-corrected chi connectivity index (χ2v) is 13.8. The van der Waals surface area contributed by atoms with Crippen LogP contribution >= 0.6 is 0 Å². The first-order valence-electron chi connectivity index (χ1n) is 18.6. The van der Waals surface area contributed by atoms with Crippen LogP contribution in [0.25, 0.3) is 21.9 Å². The second-order valence-electron chi connectivity index (χ2n) is 13.8. The first-order chi connectivity index (χ1) is 27.0. The molecule has 1 saturated heterocycles. The highest BCUT2D eigenvalue weighted by molar-refractivity contribution is 6.25. The average Bonchev–Trinajstić information content (AvgIpc) is 3.84. The number of aromatic nitrogens is 1. The Morgan fingerprint density at radius 1 is 0.709 bits per heavy atom. The van der Waals surface area contributed by atoms with Crippen molar-refractivity contribution in [2.75, 3.05) is 42.5 Å². The zero-order chi connectivity index (χ0) is 37.7. The van der Waals surface area contributed by atoms with Crippen LogP contribution in [-0.2, 0) is 6.42 Å². The molecule has 1 fully saturated rings. The van der Waals surface area contributed by atoms with E-state index < -0.39 is 11.8 Å². The summed E-state index contributed by atoms with van der Waals surface area (Å²) in [6.07, 6.45) is 4.74. The highest BCUT2D eigenvalue weighted by atomic mass is 16.3. The van der Waals surface area contributed by atoms with Crippen LogP contribution in [0.2, 0.25) is 0 Å². The number of amides is 2. The van der Waals surface area contributed by atoms with Crippen LogP contribution in [0, 0.1) is 11.3 Å². The number of hydrogen-bond acceptors (Lipinski definition) is 7. The number of hydrogen-bond donors (Lipinski definition) is 0. The molecular weight excluding hydrogens is 687 g/mol. The molecule has 0 spiro atoms. The van der Waals surface area contributed by atoms with Crippen LogP contribution in [0.15, 0.2) is 144 Å². The van der Waals surface area contributed by atoms with Crippen LogP contribution in [0.3, 0.4) is 0 Å². The predicted molar refractivity (Wildman–Crippen MR) is 215 cm³/mol. The van der Waals surface area contributed by atoms with Crippen molar-refractivity contribution < 1.29 is 18.8 Å². The van der Waals surface area contributed by atoms with Gasteiger partial charge in [0.05, 0.1) is 22.8 Å². The Kier molecular flexibility index (Phi) is 10.1. The van der Waals surface area contributed by atoms with E-state index in [1.165, 1.54) is 4.90 Å². The third-order valence-corrected chi connectivity index (χ3v) is 10.3. The third-order valence-electron chi connectivity index (χ3n) is 10.3. The molecule has 272 valence electrons. The fraction of sp³-hybridized carbons (Fsp3) is 0.174. The van der Waals surface area contributed by atoms with Crippen molar-refractivity contribution in [3.63, 3.8) is 0 Å². The van der Waals surface area contributed by atoms with E-state index in [4.69, 9.17) is 4.42 Å². The summed E-state index contributed by atoms with van der Waals surface area (Å²) in [6.45, 7) is 4.57. The smallest absolute Gasteiger partial charge is 0.301 e. The van der Waals surface area contributed by atoms with E-state index in [1.807, 2.05) is 79.0 Å². The number of rotatable bonds is 10. The maximum Gasteiger partial charge on any atom is 0.301 e. The van der Waals surface area contributed by atoms with Gasteiger partial charge in [-0.15, -0.1) is 0 Å². The minimum absolute atomic E-state index is 0.0784. The van der Waals surface area contributed by atoms with Gasteiger partial charge in [0.15, 0.2) is 5.76 Å². The first-order valence-corrected chi connectivity index (χ1v) is 18.6. The minimum Gasteiger partial charge on any atom is -0.451 e. The number of nitriles is 1. The molecule has 9 heteroatoms. The van der Waals surface area contributed by atoms with Gasteiger partial charge in [0.25, 0.3) is 11.8 Å². The van der Waals surface area contributed by atoms with E-state index in [9.17, 15) is 19.6 Å². The van der Waals surface area contributed by atoms with E-state index >= 15 is 0 Å². The van der Waals surface area contributed by atoms with Crippen LogP contribution in [0.4, 0.5) is 11.4 Å². The number of carbonyl (C=O) groups is 3. The predicted octanol–water partition coefficient (Wildman–Crippen LogP) is 8.58. The Balaban J connectivity index is 0.889. The topological polar surface area (TPSA) is 103 Å². The van der Waals surface area contributed by atoms with Crippen molar-refractivity contribution in [3.8, 4) is 6.07 Å². The van der Waals surface area contributed by atoms with Crippen molar-refractivity contribution >= 4 is 51.0 Å². The van der Waals surface area contributed by atoms with Gasteiger partial charge in [-0.2, -0.15) is 5.26 Å². The standard InChI is InChI=1S/C46H39N5O4/c47-31-33-19-21-41-40(28-33)36(32-50(41)44(52)34-12-4-1-5-13-34)16-10-11-23-48-24-26-49(27-25-48)39-20-22-42-37(29-39)30-43(55-42)46(54)51(38-17-8-3-9-18-38)45(53)35-14-6-2-7-15-35/h1-9,12-15,17-22,28-30,32H,10-11,16,23-27H2. The van der Waals surface area contributed by atoms with Gasteiger partial charge in [-0.05, 0) is 110 Å². The molecule has 1 aliphatic rings. The van der Waals surface area contributed by atoms with Crippen LogP contribution in [0.5, 0.6) is 0 Å². The number of unbranched alkanes of at least 4 members (excludes halogenated alkanes) is 1. The highest BCUT2D eigenvalue weighted by Crippen LogP contribution is 2.29. The number of nitrogens with zero attached hydrogens (tertiary/aromatic N) is 5. The number of anilines is 2. The molecule has 1 aliphatic heterocycles. The summed E-state index contributed by atoms with van der Waals surface area (Å²) in [4.78, 5) is 46.8. The second kappa shape index (κ2) is 15.7. The Morgan fingerprint density at radius 3 is 2.11 bits per heavy atom. The molecule has 55 heavy (non-hydrogen) atoms. The zero-order valence-corrected chi connectivity index (χ0v) is 30.3. The average molecular weight is 726 g/mol. The van der Waals surface area contributed by atoms with Gasteiger partial charge in [-0.25, -0.2) is 4.90 Å². The molecule has 2 amide bonds. The SMILES string of the molecule is N#Cc1ccc2c(c1)c(CCCCN1CCN(c3ccc4oc(C(=O)N(C(=O)c5ccccc5)c5ccccc5)cc4c3)CC1)cn2C(=O)c1ccccc1. The van der Waals surface area contributed by atoms with Crippen molar-refractivity contribution in [1.82, 2.24) is 9.47 Å². The van der Waals surface area contributed by atoms with Gasteiger partial charge in [0.1, 0.15) is 5.58 Å². The van der Waals surface area contributed by atoms with E-state index in [-0.39, 0.29) is 11.7 Å². The monoisotopic (exact) mass is 725 g/mol. The van der Waals surface area contributed by atoms with Gasteiger partial charge < -0.3 is 9.32 Å². The molecule has 2 aromatic heterocycles. The number of furan rings is 1. The van der Waals surface area contributed by atoms with Gasteiger partial charge in [0, 0.05) is 60.0 Å². The van der Waals surface area contributed by atoms with E-state index in [1.54, 1.807) is 65.2 Å². The summed E-state index contributed by atoms with van der Waals surface area (Å²) in [5.74, 6) is -0.925. The van der Waals surface area contributed by atoms with Crippen molar-refractivity contribution in [3.05, 3.63) is 168 Å². The lowest BCUT2D eigenvalue weighted by Crippen LogP contribution is -2.46. The molecule has 0 unspecified atom stereocenters. The molecule has 3 heterocycles. The van der Waals surface area contributed by atoms with Gasteiger partial charge >= 0.3 is 5.91 Å². The molecule has 5 aromatic carbocycles. The number of benzene rings is 5. The number of carbonyl (C=O) groups excluding carboxylic acids is 3. The maximum absolute atomic E-state index is 13.9. The zero-order valence-electron chi connectivity index (χ0n) is 30.3. The minimum atomic E-state index is -0.523. The molecule has 0 aliphatic carbocycles. The van der Waals surface area contributed by atoms with Crippen LogP contribution < -0.4 is 9.80 Å². The van der Waals surface area contributed by atoms with E-state index in [2.05, 4.69) is 15.9 Å². The number of para-hydroxylation sites is 1. The van der Waals surface area contributed by atoms with Crippen molar-refractivity contribution in [1.29, 1.82) is 5.26 Å². The molecule has 0 N–H and O–H groups in total. The molecule has 0 saturated carbocycles. The summed E-state index contributed by atoms with van der Waals surface area (Å²) in [5, 5.41) is 11.3. The summed E-state index contributed by atoms with van der Waals surface area (Å²) >= 11 is 0. The number of imide groups is 1. The highest BCUT2D eigenvalue weighted by Gasteiger charge is 2.29. The molecule has 0 radical (unpaired) electrons. The quantitative estimate of drug-likeness (QED) is 0.103. The number of aryl methyl sites for hydroxylation is 1. The van der Waals surface area contributed by atoms with Crippen molar-refractivity contribution in [2.24, 2.45) is 0 Å². The Hall–Kier alpha value is -6.76. The van der Waals surface area contributed by atoms with Crippen molar-refractivity contribution in [2.45, 2.75) is 19.3 Å². The Labute approximate surface area is 319 Å². The fourth-order valence-corrected chi connectivity index (χ4v) is 7.39. The van der Waals surface area contributed by atoms with Gasteiger partial charge in [0.2, 0.25) is 0 Å². The molecular formula is C46H39N5O4. The van der Waals surface area contributed by atoms with Gasteiger partial charge in [-0.1, -0.05) is 54.6 Å². The normalized spacial score (nSPS) is 13.2. The van der Waals surface area contributed by atoms with Gasteiger partial charge in [-0.3, -0.25) is 23.9 Å². The largest absolute Gasteiger partial charge is 0.451 e.